The van der Waals surface area contributed by atoms with E-state index in [0.29, 0.717) is 5.75 Å². The zero-order chi connectivity index (χ0) is 21.9. The second-order valence-electron chi connectivity index (χ2n) is 10.5. The first-order valence-electron chi connectivity index (χ1n) is 11.8. The van der Waals surface area contributed by atoms with Gasteiger partial charge in [0.1, 0.15) is 11.5 Å². The topological polar surface area (TPSA) is 52.9 Å². The summed E-state index contributed by atoms with van der Waals surface area (Å²) < 4.78 is 6.18. The quantitative estimate of drug-likeness (QED) is 0.601. The number of aliphatic hydroxyl groups is 1. The molecule has 1 aromatic rings. The molecule has 30 heavy (non-hydrogen) atoms. The van der Waals surface area contributed by atoms with E-state index in [0.717, 1.165) is 61.3 Å². The van der Waals surface area contributed by atoms with Crippen LogP contribution in [0.5, 0.6) is 11.5 Å². The van der Waals surface area contributed by atoms with Gasteiger partial charge in [0.2, 0.25) is 0 Å². The number of allylic oxidation sites excluding steroid dienone is 1. The van der Waals surface area contributed by atoms with Crippen molar-refractivity contribution in [2.24, 2.45) is 0 Å². The van der Waals surface area contributed by atoms with Crippen LogP contribution in [0.1, 0.15) is 90.2 Å². The molecule has 2 unspecified atom stereocenters. The highest BCUT2D eigenvalue weighted by Gasteiger charge is 2.29. The largest absolute Gasteiger partial charge is 0.508 e. The smallest absolute Gasteiger partial charge is 0.127 e. The van der Waals surface area contributed by atoms with E-state index in [1.165, 1.54) is 19.3 Å². The number of piperidine rings is 1. The second kappa shape index (κ2) is 9.74. The van der Waals surface area contributed by atoms with Crippen molar-refractivity contribution >= 4 is 0 Å². The number of hydrogen-bond donors (Lipinski definition) is 2. The van der Waals surface area contributed by atoms with Gasteiger partial charge in [-0.2, -0.15) is 0 Å². The maximum atomic E-state index is 11.0. The van der Waals surface area contributed by atoms with Crippen LogP contribution in [0.3, 0.4) is 0 Å². The van der Waals surface area contributed by atoms with Crippen LogP contribution in [0.15, 0.2) is 23.8 Å². The molecule has 1 aromatic carbocycles. The van der Waals surface area contributed by atoms with Gasteiger partial charge >= 0.3 is 0 Å². The van der Waals surface area contributed by atoms with E-state index in [2.05, 4.69) is 37.8 Å². The number of hydrogen-bond acceptors (Lipinski definition) is 4. The Bertz CT molecular complexity index is 741. The van der Waals surface area contributed by atoms with Crippen LogP contribution in [-0.2, 0) is 5.41 Å². The molecule has 1 saturated heterocycles. The van der Waals surface area contributed by atoms with E-state index >= 15 is 0 Å². The molecule has 3 rings (SSSR count). The molecular weight excluding hydrogens is 374 g/mol. The summed E-state index contributed by atoms with van der Waals surface area (Å²) in [6.45, 7) is 13.4. The predicted molar refractivity (Wildman–Crippen MR) is 124 cm³/mol. The minimum atomic E-state index is -0.420. The lowest BCUT2D eigenvalue weighted by Crippen LogP contribution is -2.37. The van der Waals surface area contributed by atoms with Gasteiger partial charge in [0.25, 0.3) is 0 Å². The summed E-state index contributed by atoms with van der Waals surface area (Å²) >= 11 is 0. The molecule has 0 saturated carbocycles. The minimum absolute atomic E-state index is 0.0432. The Labute approximate surface area is 182 Å². The number of aliphatic hydroxyl groups excluding tert-OH is 1. The summed E-state index contributed by atoms with van der Waals surface area (Å²) in [4.78, 5) is 2.39. The molecule has 1 aliphatic carbocycles. The normalized spacial score (nSPS) is 22.1. The number of ether oxygens (including phenoxy) is 1. The van der Waals surface area contributed by atoms with Gasteiger partial charge in [-0.1, -0.05) is 33.3 Å². The molecule has 0 radical (unpaired) electrons. The van der Waals surface area contributed by atoms with Gasteiger partial charge in [-0.15, -0.1) is 0 Å². The van der Waals surface area contributed by atoms with Gasteiger partial charge in [0.05, 0.1) is 12.2 Å². The predicted octanol–water partition coefficient (Wildman–Crippen LogP) is 5.52. The molecule has 0 amide bonds. The summed E-state index contributed by atoms with van der Waals surface area (Å²) in [6.07, 6.45) is 8.30. The average Bonchev–Trinajstić information content (AvgIpc) is 2.67. The van der Waals surface area contributed by atoms with Crippen LogP contribution in [-0.4, -0.2) is 47.0 Å². The highest BCUT2D eigenvalue weighted by atomic mass is 16.5. The maximum absolute atomic E-state index is 11.0. The molecular formula is C26H41NO3. The molecule has 0 bridgehead atoms. The highest BCUT2D eigenvalue weighted by Crippen LogP contribution is 2.45. The summed E-state index contributed by atoms with van der Waals surface area (Å²) in [5.74, 6) is 1.30. The number of benzene rings is 1. The average molecular weight is 416 g/mol. The first-order chi connectivity index (χ1) is 14.1. The van der Waals surface area contributed by atoms with Crippen molar-refractivity contribution in [3.05, 3.63) is 34.9 Å². The molecule has 1 heterocycles. The fourth-order valence-corrected chi connectivity index (χ4v) is 4.77. The van der Waals surface area contributed by atoms with Gasteiger partial charge in [0.15, 0.2) is 0 Å². The third kappa shape index (κ3) is 5.79. The van der Waals surface area contributed by atoms with Crippen molar-refractivity contribution in [3.63, 3.8) is 0 Å². The van der Waals surface area contributed by atoms with Crippen molar-refractivity contribution in [1.82, 2.24) is 4.90 Å². The van der Waals surface area contributed by atoms with Gasteiger partial charge in [-0.3, -0.25) is 0 Å². The number of rotatable bonds is 6. The molecule has 0 spiro atoms. The number of phenols is 1. The van der Waals surface area contributed by atoms with Gasteiger partial charge in [0, 0.05) is 12.1 Å². The van der Waals surface area contributed by atoms with E-state index in [9.17, 15) is 10.2 Å². The fraction of sp³-hybridized carbons (Fsp3) is 0.692. The van der Waals surface area contributed by atoms with Gasteiger partial charge in [-0.05, 0) is 93.6 Å². The Morgan fingerprint density at radius 2 is 1.83 bits per heavy atom. The van der Waals surface area contributed by atoms with Crippen molar-refractivity contribution in [3.8, 4) is 11.5 Å². The van der Waals surface area contributed by atoms with Crippen molar-refractivity contribution < 1.29 is 14.9 Å². The SMILES string of the molecule is CC(C)Oc1cc(C(C)(C)C)cc(O)c1C1CCC=C(C(O)CN2CCCCC2)C1. The maximum Gasteiger partial charge on any atom is 0.127 e. The van der Waals surface area contributed by atoms with Crippen LogP contribution >= 0.6 is 0 Å². The van der Waals surface area contributed by atoms with Crippen LogP contribution in [0.2, 0.25) is 0 Å². The summed E-state index contributed by atoms with van der Waals surface area (Å²) in [7, 11) is 0. The Morgan fingerprint density at radius 3 is 2.47 bits per heavy atom. The molecule has 168 valence electrons. The fourth-order valence-electron chi connectivity index (χ4n) is 4.77. The zero-order valence-electron chi connectivity index (χ0n) is 19.6. The standard InChI is InChI=1S/C26H41NO3/c1-18(2)30-24-16-21(26(3,4)5)15-22(28)25(24)20-11-9-10-19(14-20)23(29)17-27-12-7-6-8-13-27/h10,15-16,18,20,23,28-29H,6-9,11-14,17H2,1-5H3. The molecule has 2 aliphatic rings. The molecule has 1 aliphatic heterocycles. The van der Waals surface area contributed by atoms with E-state index in [1.807, 2.05) is 19.9 Å². The first kappa shape index (κ1) is 23.1. The van der Waals surface area contributed by atoms with Gasteiger partial charge < -0.3 is 19.8 Å². The molecule has 4 nitrogen and oxygen atoms in total. The first-order valence-corrected chi connectivity index (χ1v) is 11.8. The lowest BCUT2D eigenvalue weighted by atomic mass is 9.79. The lowest BCUT2D eigenvalue weighted by Gasteiger charge is -2.33. The Hall–Kier alpha value is -1.52. The lowest BCUT2D eigenvalue weighted by molar-refractivity contribution is 0.120. The highest BCUT2D eigenvalue weighted by molar-refractivity contribution is 5.52. The summed E-state index contributed by atoms with van der Waals surface area (Å²) in [5, 5.41) is 21.9. The zero-order valence-corrected chi connectivity index (χ0v) is 19.6. The molecule has 1 fully saturated rings. The van der Waals surface area contributed by atoms with Crippen molar-refractivity contribution in [2.75, 3.05) is 19.6 Å². The second-order valence-corrected chi connectivity index (χ2v) is 10.5. The van der Waals surface area contributed by atoms with Crippen molar-refractivity contribution in [2.45, 2.75) is 96.7 Å². The number of likely N-dealkylation sites (tertiary alicyclic amines) is 1. The van der Waals surface area contributed by atoms with Crippen molar-refractivity contribution in [1.29, 1.82) is 0 Å². The number of β-amino-alcohol motifs (C(OH)–C–C–N with tert-alkyl or cyclic N) is 1. The van der Waals surface area contributed by atoms with Gasteiger partial charge in [-0.25, -0.2) is 0 Å². The Balaban J connectivity index is 1.81. The third-order valence-electron chi connectivity index (χ3n) is 6.47. The summed E-state index contributed by atoms with van der Waals surface area (Å²) in [6, 6.07) is 4.02. The van der Waals surface area contributed by atoms with E-state index < -0.39 is 6.10 Å². The van der Waals surface area contributed by atoms with Crippen LogP contribution in [0.25, 0.3) is 0 Å². The van der Waals surface area contributed by atoms with Crippen LogP contribution in [0, 0.1) is 0 Å². The monoisotopic (exact) mass is 415 g/mol. The van der Waals surface area contributed by atoms with Crippen LogP contribution in [0.4, 0.5) is 0 Å². The number of nitrogens with zero attached hydrogens (tertiary/aromatic N) is 1. The number of aromatic hydroxyl groups is 1. The molecule has 2 N–H and O–H groups in total. The Kier molecular flexibility index (Phi) is 7.52. The molecule has 2 atom stereocenters. The third-order valence-corrected chi connectivity index (χ3v) is 6.47. The summed E-state index contributed by atoms with van der Waals surface area (Å²) in [5.41, 5.74) is 3.04. The molecule has 4 heteroatoms. The van der Waals surface area contributed by atoms with E-state index in [-0.39, 0.29) is 17.4 Å². The minimum Gasteiger partial charge on any atom is -0.508 e. The van der Waals surface area contributed by atoms with E-state index in [4.69, 9.17) is 4.74 Å². The number of phenolic OH excluding ortho intramolecular Hbond substituents is 1. The Morgan fingerprint density at radius 1 is 1.13 bits per heavy atom. The van der Waals surface area contributed by atoms with Crippen LogP contribution < -0.4 is 4.74 Å². The van der Waals surface area contributed by atoms with E-state index in [1.54, 1.807) is 0 Å². The molecule has 0 aromatic heterocycles.